The van der Waals surface area contributed by atoms with Crippen LogP contribution in [0.15, 0.2) is 4.52 Å². The lowest BCUT2D eigenvalue weighted by molar-refractivity contribution is -0.384. The SMILES string of the molecule is CCC(Nc1c([N+](=O)[O-])c(C)nn1C)c1nc(C2(N)CCCC2)no1. The van der Waals surface area contributed by atoms with E-state index in [9.17, 15) is 10.1 Å². The Morgan fingerprint density at radius 1 is 1.48 bits per heavy atom. The molecule has 0 aromatic carbocycles. The number of anilines is 1. The minimum Gasteiger partial charge on any atom is -0.353 e. The Labute approximate surface area is 144 Å². The van der Waals surface area contributed by atoms with Crippen molar-refractivity contribution in [2.75, 3.05) is 5.32 Å². The van der Waals surface area contributed by atoms with Crippen molar-refractivity contribution in [3.05, 3.63) is 27.5 Å². The van der Waals surface area contributed by atoms with Crippen LogP contribution in [-0.4, -0.2) is 24.8 Å². The van der Waals surface area contributed by atoms with Crippen LogP contribution in [0.25, 0.3) is 0 Å². The first kappa shape index (κ1) is 17.3. The molecule has 10 nitrogen and oxygen atoms in total. The Morgan fingerprint density at radius 2 is 2.16 bits per heavy atom. The number of hydrogen-bond acceptors (Lipinski definition) is 8. The number of rotatable bonds is 6. The van der Waals surface area contributed by atoms with Crippen molar-refractivity contribution in [2.45, 2.75) is 57.5 Å². The van der Waals surface area contributed by atoms with Crippen molar-refractivity contribution in [1.29, 1.82) is 0 Å². The van der Waals surface area contributed by atoms with Crippen LogP contribution in [-0.2, 0) is 12.6 Å². The highest BCUT2D eigenvalue weighted by Crippen LogP contribution is 2.36. The topological polar surface area (TPSA) is 138 Å². The van der Waals surface area contributed by atoms with Gasteiger partial charge >= 0.3 is 5.69 Å². The second-order valence-electron chi connectivity index (χ2n) is 6.59. The summed E-state index contributed by atoms with van der Waals surface area (Å²) in [4.78, 5) is 15.4. The Kier molecular flexibility index (Phi) is 4.46. The molecule has 3 rings (SSSR count). The van der Waals surface area contributed by atoms with Gasteiger partial charge in [0.2, 0.25) is 11.7 Å². The minimum atomic E-state index is -0.533. The van der Waals surface area contributed by atoms with E-state index >= 15 is 0 Å². The summed E-state index contributed by atoms with van der Waals surface area (Å²) < 4.78 is 6.86. The van der Waals surface area contributed by atoms with Gasteiger partial charge in [0, 0.05) is 7.05 Å². The van der Waals surface area contributed by atoms with Crippen LogP contribution in [0.1, 0.15) is 62.5 Å². The number of nitrogens with one attached hydrogen (secondary N) is 1. The summed E-state index contributed by atoms with van der Waals surface area (Å²) in [5, 5.41) is 22.6. The summed E-state index contributed by atoms with van der Waals surface area (Å²) in [5.41, 5.74) is 6.14. The van der Waals surface area contributed by atoms with Crippen molar-refractivity contribution < 1.29 is 9.45 Å². The molecular weight excluding hydrogens is 326 g/mol. The maximum atomic E-state index is 11.3. The van der Waals surface area contributed by atoms with E-state index in [4.69, 9.17) is 10.3 Å². The molecule has 1 unspecified atom stereocenters. The molecule has 0 radical (unpaired) electrons. The second kappa shape index (κ2) is 6.43. The Morgan fingerprint density at radius 3 is 2.76 bits per heavy atom. The molecule has 2 aromatic heterocycles. The van der Waals surface area contributed by atoms with Crippen LogP contribution in [0.4, 0.5) is 11.5 Å². The first-order valence-electron chi connectivity index (χ1n) is 8.43. The third kappa shape index (κ3) is 3.09. The van der Waals surface area contributed by atoms with E-state index in [0.29, 0.717) is 29.6 Å². The molecule has 1 aliphatic carbocycles. The van der Waals surface area contributed by atoms with Crippen molar-refractivity contribution in [2.24, 2.45) is 12.8 Å². The lowest BCUT2D eigenvalue weighted by Crippen LogP contribution is -2.34. The number of nitro groups is 1. The number of nitrogens with zero attached hydrogens (tertiary/aromatic N) is 5. The van der Waals surface area contributed by atoms with Crippen LogP contribution < -0.4 is 11.1 Å². The molecule has 25 heavy (non-hydrogen) atoms. The van der Waals surface area contributed by atoms with Crippen LogP contribution >= 0.6 is 0 Å². The van der Waals surface area contributed by atoms with Gasteiger partial charge in [-0.3, -0.25) is 10.1 Å². The van der Waals surface area contributed by atoms with Gasteiger partial charge in [-0.15, -0.1) is 0 Å². The standard InChI is InChI=1S/C15H23N7O3/c1-4-10(17-12-11(22(23)24)9(2)19-21(12)3)13-18-14(20-25-13)15(16)7-5-6-8-15/h10,17H,4-8,16H2,1-3H3. The fourth-order valence-corrected chi connectivity index (χ4v) is 3.34. The molecule has 10 heteroatoms. The van der Waals surface area contributed by atoms with Crippen LogP contribution in [0.5, 0.6) is 0 Å². The Balaban J connectivity index is 1.87. The number of aryl methyl sites for hydroxylation is 2. The highest BCUT2D eigenvalue weighted by atomic mass is 16.6. The molecular formula is C15H23N7O3. The predicted octanol–water partition coefficient (Wildman–Crippen LogP) is 2.31. The molecule has 3 N–H and O–H groups in total. The molecule has 136 valence electrons. The molecule has 1 fully saturated rings. The summed E-state index contributed by atoms with van der Waals surface area (Å²) in [7, 11) is 1.65. The fraction of sp³-hybridized carbons (Fsp3) is 0.667. The summed E-state index contributed by atoms with van der Waals surface area (Å²) >= 11 is 0. The zero-order chi connectivity index (χ0) is 18.2. The van der Waals surface area contributed by atoms with E-state index < -0.39 is 10.5 Å². The number of nitrogens with two attached hydrogens (primary N) is 1. The van der Waals surface area contributed by atoms with Gasteiger partial charge in [0.15, 0.2) is 5.82 Å². The van der Waals surface area contributed by atoms with Gasteiger partial charge in [-0.25, -0.2) is 4.68 Å². The quantitative estimate of drug-likeness (QED) is 0.598. The monoisotopic (exact) mass is 349 g/mol. The van der Waals surface area contributed by atoms with Crippen LogP contribution in [0.2, 0.25) is 0 Å². The average Bonchev–Trinajstić information content (AvgIpc) is 3.25. The molecule has 0 bridgehead atoms. The van der Waals surface area contributed by atoms with E-state index in [1.165, 1.54) is 4.68 Å². The van der Waals surface area contributed by atoms with E-state index in [-0.39, 0.29) is 11.7 Å². The lowest BCUT2D eigenvalue weighted by atomic mass is 9.98. The van der Waals surface area contributed by atoms with E-state index in [1.807, 2.05) is 6.92 Å². The minimum absolute atomic E-state index is 0.0493. The van der Waals surface area contributed by atoms with Crippen molar-refractivity contribution in [3.8, 4) is 0 Å². The molecule has 2 aromatic rings. The van der Waals surface area contributed by atoms with Crippen molar-refractivity contribution in [1.82, 2.24) is 19.9 Å². The van der Waals surface area contributed by atoms with Gasteiger partial charge in [-0.1, -0.05) is 24.9 Å². The molecule has 1 aliphatic rings. The van der Waals surface area contributed by atoms with Crippen LogP contribution in [0, 0.1) is 17.0 Å². The molecule has 1 atom stereocenters. The molecule has 2 heterocycles. The second-order valence-corrected chi connectivity index (χ2v) is 6.59. The Hall–Kier alpha value is -2.49. The summed E-state index contributed by atoms with van der Waals surface area (Å²) in [6.07, 6.45) is 4.39. The highest BCUT2D eigenvalue weighted by molar-refractivity contribution is 5.60. The van der Waals surface area contributed by atoms with Gasteiger partial charge < -0.3 is 15.6 Å². The van der Waals surface area contributed by atoms with Crippen molar-refractivity contribution >= 4 is 11.5 Å². The molecule has 0 saturated heterocycles. The first-order chi connectivity index (χ1) is 11.9. The third-order valence-electron chi connectivity index (χ3n) is 4.77. The number of hydrogen-bond donors (Lipinski definition) is 2. The smallest absolute Gasteiger partial charge is 0.333 e. The summed E-state index contributed by atoms with van der Waals surface area (Å²) in [5.74, 6) is 1.20. The zero-order valence-electron chi connectivity index (χ0n) is 14.7. The van der Waals surface area contributed by atoms with Gasteiger partial charge in [-0.05, 0) is 26.2 Å². The van der Waals surface area contributed by atoms with Gasteiger partial charge in [0.05, 0.1) is 10.5 Å². The summed E-state index contributed by atoms with van der Waals surface area (Å²) in [6, 6.07) is -0.361. The van der Waals surface area contributed by atoms with E-state index in [2.05, 4.69) is 20.6 Å². The lowest BCUT2D eigenvalue weighted by Gasteiger charge is -2.18. The maximum absolute atomic E-state index is 11.3. The third-order valence-corrected chi connectivity index (χ3v) is 4.77. The van der Waals surface area contributed by atoms with E-state index in [1.54, 1.807) is 14.0 Å². The average molecular weight is 349 g/mol. The van der Waals surface area contributed by atoms with Crippen LogP contribution in [0.3, 0.4) is 0 Å². The molecule has 0 spiro atoms. The number of aromatic nitrogens is 4. The van der Waals surface area contributed by atoms with E-state index in [0.717, 1.165) is 25.7 Å². The summed E-state index contributed by atoms with van der Waals surface area (Å²) in [6.45, 7) is 3.54. The molecule has 0 amide bonds. The van der Waals surface area contributed by atoms with Gasteiger partial charge in [-0.2, -0.15) is 10.1 Å². The predicted molar refractivity (Wildman–Crippen MR) is 89.9 cm³/mol. The largest absolute Gasteiger partial charge is 0.353 e. The Bertz CT molecular complexity index is 776. The van der Waals surface area contributed by atoms with Gasteiger partial charge in [0.25, 0.3) is 0 Å². The normalized spacial score (nSPS) is 17.6. The van der Waals surface area contributed by atoms with Crippen molar-refractivity contribution in [3.63, 3.8) is 0 Å². The first-order valence-corrected chi connectivity index (χ1v) is 8.43. The zero-order valence-corrected chi connectivity index (χ0v) is 14.7. The maximum Gasteiger partial charge on any atom is 0.333 e. The van der Waals surface area contributed by atoms with Gasteiger partial charge in [0.1, 0.15) is 11.7 Å². The fourth-order valence-electron chi connectivity index (χ4n) is 3.34. The molecule has 1 saturated carbocycles. The highest BCUT2D eigenvalue weighted by Gasteiger charge is 2.37. The molecule has 0 aliphatic heterocycles.